The van der Waals surface area contributed by atoms with Gasteiger partial charge in [0.05, 0.1) is 0 Å². The fraction of sp³-hybridized carbons (Fsp3) is 0.417. The molecule has 1 aromatic carbocycles. The maximum Gasteiger partial charge on any atom is 0.330 e. The molecule has 2 aromatic rings. The van der Waals surface area contributed by atoms with Crippen molar-refractivity contribution < 1.29 is 48.2 Å². The zero-order valence-electron chi connectivity index (χ0n) is 20.9. The highest BCUT2D eigenvalue weighted by atomic mass is 19.1. The molecule has 0 radical (unpaired) electrons. The lowest BCUT2D eigenvalue weighted by Gasteiger charge is -2.35. The topological polar surface area (TPSA) is 225 Å². The number of carbonyl (C=O) groups is 2. The molecule has 8 atom stereocenters. The zero-order valence-corrected chi connectivity index (χ0v) is 20.9. The molecule has 7 N–H and O–H groups in total. The van der Waals surface area contributed by atoms with E-state index in [9.17, 15) is 38.9 Å². The van der Waals surface area contributed by atoms with Gasteiger partial charge in [-0.15, -0.1) is 0 Å². The number of nitrogens with two attached hydrogens (primary N) is 1. The van der Waals surface area contributed by atoms with E-state index in [2.05, 4.69) is 5.32 Å². The highest BCUT2D eigenvalue weighted by molar-refractivity contribution is 5.91. The van der Waals surface area contributed by atoms with Crippen molar-refractivity contribution in [2.75, 3.05) is 7.11 Å². The number of rotatable bonds is 9. The van der Waals surface area contributed by atoms with Gasteiger partial charge >= 0.3 is 5.69 Å². The highest BCUT2D eigenvalue weighted by Gasteiger charge is 2.52. The molecule has 40 heavy (non-hydrogen) atoms. The lowest BCUT2D eigenvalue weighted by molar-refractivity contribution is -0.241. The summed E-state index contributed by atoms with van der Waals surface area (Å²) < 4.78 is 35.9. The average molecular weight is 566 g/mol. The van der Waals surface area contributed by atoms with Crippen molar-refractivity contribution in [1.82, 2.24) is 14.9 Å². The summed E-state index contributed by atoms with van der Waals surface area (Å²) >= 11 is 0. The molecule has 0 spiro atoms. The number of H-pyrrole nitrogens is 1. The number of hydrogen-bond acceptors (Lipinski definition) is 11. The van der Waals surface area contributed by atoms with Crippen molar-refractivity contribution in [3.8, 4) is 0 Å². The Morgan fingerprint density at radius 2 is 1.88 bits per heavy atom. The first-order chi connectivity index (χ1) is 19.0. The van der Waals surface area contributed by atoms with Crippen LogP contribution in [0.5, 0.6) is 0 Å². The van der Waals surface area contributed by atoms with E-state index in [4.69, 9.17) is 24.7 Å². The first kappa shape index (κ1) is 29.1. The van der Waals surface area contributed by atoms with Crippen LogP contribution in [-0.4, -0.2) is 86.7 Å². The van der Waals surface area contributed by atoms with Crippen LogP contribution in [0.1, 0.15) is 11.8 Å². The van der Waals surface area contributed by atoms with E-state index in [1.54, 1.807) is 0 Å². The fourth-order valence-electron chi connectivity index (χ4n) is 4.26. The molecule has 0 saturated carbocycles. The molecule has 2 amide bonds. The lowest BCUT2D eigenvalue weighted by atomic mass is 10.0. The van der Waals surface area contributed by atoms with Gasteiger partial charge in [-0.1, -0.05) is 12.1 Å². The lowest BCUT2D eigenvalue weighted by Crippen LogP contribution is -2.54. The Bertz CT molecular complexity index is 1380. The molecule has 216 valence electrons. The highest BCUT2D eigenvalue weighted by Crippen LogP contribution is 2.34. The van der Waals surface area contributed by atoms with E-state index >= 15 is 0 Å². The molecule has 1 aromatic heterocycles. The van der Waals surface area contributed by atoms with Crippen molar-refractivity contribution in [2.24, 2.45) is 5.73 Å². The molecule has 2 aliphatic rings. The van der Waals surface area contributed by atoms with Crippen LogP contribution in [0.25, 0.3) is 0 Å². The minimum atomic E-state index is -1.82. The van der Waals surface area contributed by atoms with Crippen LogP contribution in [0.3, 0.4) is 0 Å². The normalized spacial score (nSPS) is 28.8. The number of benzene rings is 1. The molecular formula is C24H27FN4O11. The summed E-state index contributed by atoms with van der Waals surface area (Å²) in [4.78, 5) is 50.7. The summed E-state index contributed by atoms with van der Waals surface area (Å²) in [6, 6.07) is 6.32. The van der Waals surface area contributed by atoms with Gasteiger partial charge in [-0.05, 0) is 23.8 Å². The summed E-state index contributed by atoms with van der Waals surface area (Å²) in [6.07, 6.45) is -10.9. The van der Waals surface area contributed by atoms with Crippen LogP contribution in [0.4, 0.5) is 4.39 Å². The number of hydrogen-bond donors (Lipinski definition) is 6. The first-order valence-corrected chi connectivity index (χ1v) is 11.9. The Morgan fingerprint density at radius 3 is 2.50 bits per heavy atom. The summed E-state index contributed by atoms with van der Waals surface area (Å²) in [5.41, 5.74) is 4.46. The van der Waals surface area contributed by atoms with Crippen LogP contribution in [0.2, 0.25) is 0 Å². The van der Waals surface area contributed by atoms with Gasteiger partial charge in [0.25, 0.3) is 11.5 Å². The fourth-order valence-corrected chi connectivity index (χ4v) is 4.26. The third kappa shape index (κ3) is 6.11. The summed E-state index contributed by atoms with van der Waals surface area (Å²) in [6.45, 7) is -0.0251. The minimum absolute atomic E-state index is 0.0251. The predicted octanol–water partition coefficient (Wildman–Crippen LogP) is -2.90. The van der Waals surface area contributed by atoms with Crippen LogP contribution >= 0.6 is 0 Å². The molecule has 0 unspecified atom stereocenters. The molecule has 1 saturated heterocycles. The van der Waals surface area contributed by atoms with Crippen LogP contribution < -0.4 is 22.3 Å². The first-order valence-electron chi connectivity index (χ1n) is 11.9. The van der Waals surface area contributed by atoms with E-state index in [1.807, 2.05) is 4.98 Å². The van der Waals surface area contributed by atoms with Crippen LogP contribution in [0.15, 0.2) is 58.0 Å². The van der Waals surface area contributed by atoms with Crippen molar-refractivity contribution in [2.45, 2.75) is 55.7 Å². The Morgan fingerprint density at radius 1 is 1.18 bits per heavy atom. The molecule has 15 nitrogen and oxygen atoms in total. The quantitative estimate of drug-likeness (QED) is 0.180. The van der Waals surface area contributed by atoms with Gasteiger partial charge in [0.15, 0.2) is 18.1 Å². The van der Waals surface area contributed by atoms with E-state index in [1.165, 1.54) is 31.4 Å². The molecule has 0 aliphatic carbocycles. The van der Waals surface area contributed by atoms with Gasteiger partial charge in [0.1, 0.15) is 36.3 Å². The number of nitrogens with one attached hydrogen (secondary N) is 2. The summed E-state index contributed by atoms with van der Waals surface area (Å²) in [7, 11) is 1.18. The Kier molecular flexibility index (Phi) is 8.77. The SMILES string of the molecule is CO[C@H]1[C@@H](O)[C@H](n2ccc(=O)[nH]c2=O)O[C@@H]1[C@@H](O[C@H]1OC(C(=O)NCc2ccc(F)cc2)=C[C@H](O)[C@@H]1O)C(N)=O. The number of aromatic amines is 1. The van der Waals surface area contributed by atoms with Gasteiger partial charge in [0, 0.05) is 25.9 Å². The van der Waals surface area contributed by atoms with Gasteiger partial charge in [-0.2, -0.15) is 0 Å². The van der Waals surface area contributed by atoms with Crippen LogP contribution in [0, 0.1) is 5.82 Å². The number of ether oxygens (including phenoxy) is 4. The minimum Gasteiger partial charge on any atom is -0.456 e. The number of aliphatic hydroxyl groups excluding tert-OH is 3. The molecule has 4 rings (SSSR count). The smallest absolute Gasteiger partial charge is 0.330 e. The second-order valence-electron chi connectivity index (χ2n) is 8.97. The van der Waals surface area contributed by atoms with Crippen molar-refractivity contribution in [3.63, 3.8) is 0 Å². The Hall–Kier alpha value is -3.93. The molecule has 1 fully saturated rings. The Balaban J connectivity index is 1.50. The molecule has 16 heteroatoms. The number of nitrogens with zero attached hydrogens (tertiary/aromatic N) is 1. The number of carbonyl (C=O) groups excluding carboxylic acids is 2. The molecule has 3 heterocycles. The van der Waals surface area contributed by atoms with Crippen LogP contribution in [-0.2, 0) is 35.1 Å². The average Bonchev–Trinajstić information content (AvgIpc) is 3.23. The van der Waals surface area contributed by atoms with E-state index < -0.39 is 83.8 Å². The summed E-state index contributed by atoms with van der Waals surface area (Å²) in [5.74, 6) is -2.89. The third-order valence-electron chi connectivity index (χ3n) is 6.29. The van der Waals surface area contributed by atoms with Gasteiger partial charge in [0.2, 0.25) is 12.2 Å². The van der Waals surface area contributed by atoms with E-state index in [-0.39, 0.29) is 6.54 Å². The number of halogens is 1. The predicted molar refractivity (Wildman–Crippen MR) is 129 cm³/mol. The largest absolute Gasteiger partial charge is 0.456 e. The third-order valence-corrected chi connectivity index (χ3v) is 6.29. The van der Waals surface area contributed by atoms with Gasteiger partial charge < -0.3 is 45.3 Å². The number of amides is 2. The molecular weight excluding hydrogens is 539 g/mol. The number of methoxy groups -OCH3 is 1. The van der Waals surface area contributed by atoms with Gasteiger partial charge in [-0.25, -0.2) is 9.18 Å². The number of aromatic nitrogens is 2. The van der Waals surface area contributed by atoms with Crippen molar-refractivity contribution >= 4 is 11.8 Å². The second kappa shape index (κ2) is 12.1. The standard InChI is InChI=1S/C24H27FN4O11/c1-37-17-16(33)22(29-7-6-14(31)28-24(29)36)39-18(17)19(20(26)34)40-23-15(32)12(30)8-13(38-23)21(35)27-9-10-2-4-11(25)5-3-10/h2-8,12,15-19,22-23,30,32-33H,9H2,1H3,(H2,26,34)(H,27,35)(H,28,31,36)/t12-,15-,16+,17-,18-,19+,22+,23+/m0/s1. The second-order valence-corrected chi connectivity index (χ2v) is 8.97. The molecule has 2 aliphatic heterocycles. The number of aliphatic hydroxyl groups is 3. The van der Waals surface area contributed by atoms with Crippen molar-refractivity contribution in [1.29, 1.82) is 0 Å². The number of primary amides is 1. The summed E-state index contributed by atoms with van der Waals surface area (Å²) in [5, 5.41) is 34.0. The maximum atomic E-state index is 13.1. The molecule has 0 bridgehead atoms. The monoisotopic (exact) mass is 566 g/mol. The Labute approximate surface area is 224 Å². The van der Waals surface area contributed by atoms with Gasteiger partial charge in [-0.3, -0.25) is 23.9 Å². The zero-order chi connectivity index (χ0) is 29.1. The van der Waals surface area contributed by atoms with Crippen molar-refractivity contribution in [3.05, 3.63) is 80.6 Å². The van der Waals surface area contributed by atoms with E-state index in [0.717, 1.165) is 22.9 Å². The van der Waals surface area contributed by atoms with E-state index in [0.29, 0.717) is 5.56 Å². The maximum absolute atomic E-state index is 13.1.